The molecule has 37 heavy (non-hydrogen) atoms. The molecule has 0 bridgehead atoms. The first-order valence-corrected chi connectivity index (χ1v) is 12.9. The van der Waals surface area contributed by atoms with Crippen molar-refractivity contribution in [2.75, 3.05) is 6.54 Å². The molecule has 1 aliphatic rings. The van der Waals surface area contributed by atoms with Gasteiger partial charge < -0.3 is 15.3 Å². The van der Waals surface area contributed by atoms with E-state index in [0.29, 0.717) is 35.6 Å². The van der Waals surface area contributed by atoms with E-state index >= 15 is 0 Å². The van der Waals surface area contributed by atoms with E-state index < -0.39 is 11.6 Å². The van der Waals surface area contributed by atoms with E-state index in [2.05, 4.69) is 19.2 Å². The standard InChI is InChI=1S/C29H36FN3O4/c1-5-19(3)15-17-29(4)32-26(21-11-13-23(30)14-12-21)28(37)33(29)24(6-2)20-7-9-22(10-8-20)27(36)31-18-16-25(34)35/h7-14,19,24H,5-6,15-18H2,1-4H3,(H,31,36)(H,34,35)/t19?,24-,29?/m1/s1. The fraction of sp³-hybridized carbons (Fsp3) is 0.448. The molecule has 0 aliphatic carbocycles. The van der Waals surface area contributed by atoms with Gasteiger partial charge in [0.05, 0.1) is 12.5 Å². The minimum absolute atomic E-state index is 0.0494. The third kappa shape index (κ3) is 6.61. The molecule has 0 fully saturated rings. The Bertz CT molecular complexity index is 1150. The zero-order chi connectivity index (χ0) is 27.2. The monoisotopic (exact) mass is 509 g/mol. The highest BCUT2D eigenvalue weighted by Gasteiger charge is 2.47. The molecule has 0 saturated heterocycles. The number of halogens is 1. The van der Waals surface area contributed by atoms with Crippen LogP contribution in [0, 0.1) is 11.7 Å². The summed E-state index contributed by atoms with van der Waals surface area (Å²) in [5.74, 6) is -1.41. The molecule has 1 heterocycles. The average Bonchev–Trinajstić information content (AvgIpc) is 3.14. The molecule has 1 aliphatic heterocycles. The number of rotatable bonds is 12. The van der Waals surface area contributed by atoms with Crippen LogP contribution in [0.2, 0.25) is 0 Å². The SMILES string of the molecule is CCC(C)CCC1(C)N=C(c2ccc(F)cc2)C(=O)N1[C@H](CC)c1ccc(C(=O)NCCC(=O)O)cc1. The maximum Gasteiger partial charge on any atom is 0.305 e. The zero-order valence-electron chi connectivity index (χ0n) is 22.0. The molecule has 2 unspecified atom stereocenters. The summed E-state index contributed by atoms with van der Waals surface area (Å²) in [6, 6.07) is 12.6. The van der Waals surface area contributed by atoms with Crippen LogP contribution in [0.1, 0.15) is 87.3 Å². The predicted octanol–water partition coefficient (Wildman–Crippen LogP) is 5.36. The molecule has 2 aromatic rings. The normalized spacial score (nSPS) is 18.9. The fourth-order valence-electron chi connectivity index (χ4n) is 4.66. The van der Waals surface area contributed by atoms with Gasteiger partial charge in [0.25, 0.3) is 11.8 Å². The van der Waals surface area contributed by atoms with Crippen molar-refractivity contribution in [2.24, 2.45) is 10.9 Å². The van der Waals surface area contributed by atoms with Crippen molar-refractivity contribution in [3.8, 4) is 0 Å². The quantitative estimate of drug-likeness (QED) is 0.403. The lowest BCUT2D eigenvalue weighted by atomic mass is 9.92. The lowest BCUT2D eigenvalue weighted by molar-refractivity contribution is -0.137. The molecule has 0 aromatic heterocycles. The lowest BCUT2D eigenvalue weighted by Gasteiger charge is -2.39. The van der Waals surface area contributed by atoms with Crippen LogP contribution in [0.4, 0.5) is 4.39 Å². The van der Waals surface area contributed by atoms with Gasteiger partial charge in [-0.25, -0.2) is 4.39 Å². The smallest absolute Gasteiger partial charge is 0.305 e. The molecular formula is C29H36FN3O4. The van der Waals surface area contributed by atoms with Crippen LogP contribution in [0.15, 0.2) is 53.5 Å². The Morgan fingerprint density at radius 1 is 1.08 bits per heavy atom. The summed E-state index contributed by atoms with van der Waals surface area (Å²) in [5.41, 5.74) is 1.45. The number of hydrogen-bond acceptors (Lipinski definition) is 4. The Hall–Kier alpha value is -3.55. The van der Waals surface area contributed by atoms with Crippen LogP contribution >= 0.6 is 0 Å². The Morgan fingerprint density at radius 3 is 2.30 bits per heavy atom. The van der Waals surface area contributed by atoms with Gasteiger partial charge in [0.15, 0.2) is 0 Å². The highest BCUT2D eigenvalue weighted by atomic mass is 19.1. The van der Waals surface area contributed by atoms with Crippen LogP contribution in [0.25, 0.3) is 0 Å². The number of carboxylic acids is 1. The topological polar surface area (TPSA) is 99.1 Å². The molecule has 2 aromatic carbocycles. The van der Waals surface area contributed by atoms with Crippen molar-refractivity contribution in [1.82, 2.24) is 10.2 Å². The molecule has 2 N–H and O–H groups in total. The molecule has 0 spiro atoms. The number of aliphatic carboxylic acids is 1. The van der Waals surface area contributed by atoms with E-state index in [1.807, 2.05) is 30.9 Å². The summed E-state index contributed by atoms with van der Waals surface area (Å²) < 4.78 is 13.6. The zero-order valence-corrected chi connectivity index (χ0v) is 22.0. The summed E-state index contributed by atoms with van der Waals surface area (Å²) in [4.78, 5) is 43.7. The number of benzene rings is 2. The second-order valence-corrected chi connectivity index (χ2v) is 9.86. The molecule has 0 radical (unpaired) electrons. The van der Waals surface area contributed by atoms with Gasteiger partial charge in [-0.2, -0.15) is 0 Å². The van der Waals surface area contributed by atoms with Crippen LogP contribution in [0.5, 0.6) is 0 Å². The maximum atomic E-state index is 13.8. The van der Waals surface area contributed by atoms with E-state index in [9.17, 15) is 18.8 Å². The van der Waals surface area contributed by atoms with E-state index in [1.54, 1.807) is 24.3 Å². The molecule has 7 nitrogen and oxygen atoms in total. The van der Waals surface area contributed by atoms with E-state index in [1.165, 1.54) is 12.1 Å². The number of carbonyl (C=O) groups is 3. The van der Waals surface area contributed by atoms with E-state index in [0.717, 1.165) is 18.4 Å². The Labute approximate surface area is 217 Å². The van der Waals surface area contributed by atoms with E-state index in [-0.39, 0.29) is 36.6 Å². The lowest BCUT2D eigenvalue weighted by Crippen LogP contribution is -2.47. The maximum absolute atomic E-state index is 13.8. The van der Waals surface area contributed by atoms with Gasteiger partial charge in [-0.15, -0.1) is 0 Å². The number of nitrogens with one attached hydrogen (secondary N) is 1. The molecule has 198 valence electrons. The molecular weight excluding hydrogens is 473 g/mol. The third-order valence-corrected chi connectivity index (χ3v) is 7.10. The number of aliphatic imine (C=N–C) groups is 1. The van der Waals surface area contributed by atoms with Crippen molar-refractivity contribution < 1.29 is 23.9 Å². The van der Waals surface area contributed by atoms with Gasteiger partial charge in [0, 0.05) is 17.7 Å². The Balaban J connectivity index is 1.90. The second kappa shape index (κ2) is 12.1. The summed E-state index contributed by atoms with van der Waals surface area (Å²) >= 11 is 0. The first-order chi connectivity index (χ1) is 17.6. The number of carboxylic acid groups (broad SMARTS) is 1. The van der Waals surface area contributed by atoms with Gasteiger partial charge >= 0.3 is 5.97 Å². The molecule has 3 rings (SSSR count). The highest BCUT2D eigenvalue weighted by Crippen LogP contribution is 2.40. The minimum atomic E-state index is -0.977. The summed E-state index contributed by atoms with van der Waals surface area (Å²) in [6.07, 6.45) is 3.12. The van der Waals surface area contributed by atoms with Crippen LogP contribution < -0.4 is 5.32 Å². The summed E-state index contributed by atoms with van der Waals surface area (Å²) in [7, 11) is 0. The van der Waals surface area contributed by atoms with Crippen molar-refractivity contribution in [1.29, 1.82) is 0 Å². The Morgan fingerprint density at radius 2 is 1.73 bits per heavy atom. The number of nitrogens with zero attached hydrogens (tertiary/aromatic N) is 2. The minimum Gasteiger partial charge on any atom is -0.481 e. The molecule has 0 saturated carbocycles. The Kier molecular flexibility index (Phi) is 9.18. The van der Waals surface area contributed by atoms with Crippen molar-refractivity contribution >= 4 is 23.5 Å². The fourth-order valence-corrected chi connectivity index (χ4v) is 4.66. The average molecular weight is 510 g/mol. The van der Waals surface area contributed by atoms with Gasteiger partial charge in [-0.3, -0.25) is 19.4 Å². The van der Waals surface area contributed by atoms with Crippen LogP contribution in [0.3, 0.4) is 0 Å². The largest absolute Gasteiger partial charge is 0.481 e. The van der Waals surface area contributed by atoms with Crippen molar-refractivity contribution in [3.63, 3.8) is 0 Å². The number of amides is 2. The van der Waals surface area contributed by atoms with Crippen LogP contribution in [-0.2, 0) is 9.59 Å². The predicted molar refractivity (Wildman–Crippen MR) is 141 cm³/mol. The van der Waals surface area contributed by atoms with Crippen LogP contribution in [-0.4, -0.2) is 45.7 Å². The molecule has 8 heteroatoms. The van der Waals surface area contributed by atoms with E-state index in [4.69, 9.17) is 10.1 Å². The van der Waals surface area contributed by atoms with Crippen molar-refractivity contribution in [2.45, 2.75) is 71.5 Å². The molecule has 2 amide bonds. The van der Waals surface area contributed by atoms with Gasteiger partial charge in [-0.05, 0) is 74.1 Å². The number of carbonyl (C=O) groups excluding carboxylic acids is 2. The molecule has 3 atom stereocenters. The summed E-state index contributed by atoms with van der Waals surface area (Å²) in [6.45, 7) is 8.37. The third-order valence-electron chi connectivity index (χ3n) is 7.10. The van der Waals surface area contributed by atoms with Gasteiger partial charge in [0.2, 0.25) is 0 Å². The summed E-state index contributed by atoms with van der Waals surface area (Å²) in [5, 5.41) is 11.4. The first kappa shape index (κ1) is 28.0. The van der Waals surface area contributed by atoms with Gasteiger partial charge in [0.1, 0.15) is 17.2 Å². The second-order valence-electron chi connectivity index (χ2n) is 9.86. The highest BCUT2D eigenvalue weighted by molar-refractivity contribution is 6.46. The number of hydrogen-bond donors (Lipinski definition) is 2. The van der Waals surface area contributed by atoms with Gasteiger partial charge in [-0.1, -0.05) is 39.3 Å². The first-order valence-electron chi connectivity index (χ1n) is 12.9. The van der Waals surface area contributed by atoms with Crippen molar-refractivity contribution in [3.05, 3.63) is 71.0 Å².